The lowest BCUT2D eigenvalue weighted by atomic mass is 10.0. The predicted octanol–water partition coefficient (Wildman–Crippen LogP) is 1.09. The van der Waals surface area contributed by atoms with Gasteiger partial charge in [0.25, 0.3) is 5.56 Å². The number of nitrogens with one attached hydrogen (secondary N) is 1. The monoisotopic (exact) mass is 392 g/mol. The van der Waals surface area contributed by atoms with Crippen molar-refractivity contribution in [3.63, 3.8) is 0 Å². The van der Waals surface area contributed by atoms with Crippen LogP contribution in [-0.4, -0.2) is 58.9 Å². The zero-order valence-electron chi connectivity index (χ0n) is 15.5. The van der Waals surface area contributed by atoms with Crippen LogP contribution in [0.5, 0.6) is 0 Å². The predicted molar refractivity (Wildman–Crippen MR) is 103 cm³/mol. The van der Waals surface area contributed by atoms with E-state index in [0.717, 1.165) is 19.1 Å². The summed E-state index contributed by atoms with van der Waals surface area (Å²) in [5.41, 5.74) is 0.310. The van der Waals surface area contributed by atoms with Crippen molar-refractivity contribution < 1.29 is 13.2 Å². The van der Waals surface area contributed by atoms with Gasteiger partial charge in [-0.05, 0) is 31.9 Å². The lowest BCUT2D eigenvalue weighted by molar-refractivity contribution is -0.136. The molecule has 1 N–H and O–H groups in total. The molecule has 1 saturated heterocycles. The number of hydrogen-bond acceptors (Lipinski definition) is 5. The van der Waals surface area contributed by atoms with Gasteiger partial charge in [0.15, 0.2) is 0 Å². The van der Waals surface area contributed by atoms with Crippen LogP contribution in [-0.2, 0) is 21.4 Å². The molecule has 1 aromatic carbocycles. The van der Waals surface area contributed by atoms with E-state index in [1.165, 1.54) is 4.31 Å². The molecule has 0 spiro atoms. The van der Waals surface area contributed by atoms with Crippen molar-refractivity contribution in [2.24, 2.45) is 0 Å². The largest absolute Gasteiger partial charge is 0.334 e. The Hall–Kier alpha value is -2.26. The van der Waals surface area contributed by atoms with Crippen LogP contribution >= 0.6 is 0 Å². The molecule has 2 aromatic rings. The van der Waals surface area contributed by atoms with Crippen molar-refractivity contribution in [2.75, 3.05) is 19.3 Å². The molecule has 0 radical (unpaired) electrons. The Labute approximate surface area is 158 Å². The molecule has 2 heterocycles. The summed E-state index contributed by atoms with van der Waals surface area (Å²) in [7, 11) is -3.46. The second-order valence-electron chi connectivity index (χ2n) is 6.77. The Morgan fingerprint density at radius 3 is 2.78 bits per heavy atom. The van der Waals surface area contributed by atoms with Crippen LogP contribution in [0.3, 0.4) is 0 Å². The third kappa shape index (κ3) is 4.19. The lowest BCUT2D eigenvalue weighted by Gasteiger charge is -2.35. The molecule has 1 aliphatic rings. The third-order valence-corrected chi connectivity index (χ3v) is 6.15. The maximum Gasteiger partial charge on any atom is 0.258 e. The third-order valence-electron chi connectivity index (χ3n) is 4.86. The summed E-state index contributed by atoms with van der Waals surface area (Å²) < 4.78 is 25.4. The Morgan fingerprint density at radius 1 is 1.33 bits per heavy atom. The number of piperidine rings is 1. The summed E-state index contributed by atoms with van der Waals surface area (Å²) in [5, 5.41) is 0.492. The SMILES string of the molecule is CCN(Cc1nc2ccccc2c(=O)[nH]1)C(=O)C1CCCCN1S(C)(=O)=O. The van der Waals surface area contributed by atoms with Crippen LogP contribution in [0, 0.1) is 0 Å². The lowest BCUT2D eigenvalue weighted by Crippen LogP contribution is -2.52. The Kier molecular flexibility index (Phi) is 5.61. The number of aromatic nitrogens is 2. The van der Waals surface area contributed by atoms with Crippen LogP contribution in [0.4, 0.5) is 0 Å². The maximum atomic E-state index is 13.0. The van der Waals surface area contributed by atoms with Gasteiger partial charge in [0.1, 0.15) is 11.9 Å². The number of aromatic amines is 1. The molecule has 3 rings (SSSR count). The number of hydrogen-bond donors (Lipinski definition) is 1. The number of likely N-dealkylation sites (N-methyl/N-ethyl adjacent to an activating group) is 1. The first-order valence-corrected chi connectivity index (χ1v) is 10.9. The summed E-state index contributed by atoms with van der Waals surface area (Å²) >= 11 is 0. The molecule has 146 valence electrons. The second-order valence-corrected chi connectivity index (χ2v) is 8.70. The highest BCUT2D eigenvalue weighted by Gasteiger charge is 2.36. The number of carbonyl (C=O) groups is 1. The Balaban J connectivity index is 1.86. The van der Waals surface area contributed by atoms with Crippen LogP contribution in [0.15, 0.2) is 29.1 Å². The number of nitrogens with zero attached hydrogens (tertiary/aromatic N) is 3. The van der Waals surface area contributed by atoms with Gasteiger partial charge in [0.2, 0.25) is 15.9 Å². The number of benzene rings is 1. The highest BCUT2D eigenvalue weighted by Crippen LogP contribution is 2.22. The number of H-pyrrole nitrogens is 1. The number of para-hydroxylation sites is 1. The van der Waals surface area contributed by atoms with E-state index in [1.54, 1.807) is 29.2 Å². The first-order chi connectivity index (χ1) is 12.8. The molecule has 1 aromatic heterocycles. The molecule has 27 heavy (non-hydrogen) atoms. The van der Waals surface area contributed by atoms with Crippen molar-refractivity contribution in [3.05, 3.63) is 40.4 Å². The molecular formula is C18H24N4O4S. The van der Waals surface area contributed by atoms with E-state index < -0.39 is 16.1 Å². The van der Waals surface area contributed by atoms with Gasteiger partial charge in [0.05, 0.1) is 23.7 Å². The van der Waals surface area contributed by atoms with Crippen LogP contribution in [0.2, 0.25) is 0 Å². The standard InChI is InChI=1S/C18H24N4O4S/c1-3-21(18(24)15-10-6-7-11-22(15)27(2,25)26)12-16-19-14-9-5-4-8-13(14)17(23)20-16/h4-5,8-9,15H,3,6-7,10-12H2,1-2H3,(H,19,20,23). The summed E-state index contributed by atoms with van der Waals surface area (Å²) in [6.45, 7) is 2.70. The van der Waals surface area contributed by atoms with Gasteiger partial charge < -0.3 is 9.88 Å². The number of fused-ring (bicyclic) bond motifs is 1. The van der Waals surface area contributed by atoms with Gasteiger partial charge in [0, 0.05) is 13.1 Å². The molecule has 1 amide bonds. The number of sulfonamides is 1. The fourth-order valence-corrected chi connectivity index (χ4v) is 4.61. The highest BCUT2D eigenvalue weighted by molar-refractivity contribution is 7.88. The Bertz CT molecular complexity index is 1000. The minimum absolute atomic E-state index is 0.128. The van der Waals surface area contributed by atoms with Crippen molar-refractivity contribution in [1.29, 1.82) is 0 Å². The summed E-state index contributed by atoms with van der Waals surface area (Å²) in [4.78, 5) is 34.0. The van der Waals surface area contributed by atoms with Gasteiger partial charge in [-0.1, -0.05) is 18.6 Å². The smallest absolute Gasteiger partial charge is 0.258 e. The van der Waals surface area contributed by atoms with Crippen molar-refractivity contribution in [1.82, 2.24) is 19.2 Å². The number of carbonyl (C=O) groups excluding carboxylic acids is 1. The van der Waals surface area contributed by atoms with Gasteiger partial charge >= 0.3 is 0 Å². The fraction of sp³-hybridized carbons (Fsp3) is 0.500. The van der Waals surface area contributed by atoms with E-state index in [0.29, 0.717) is 36.2 Å². The quantitative estimate of drug-likeness (QED) is 0.820. The molecule has 1 atom stereocenters. The topological polar surface area (TPSA) is 103 Å². The van der Waals surface area contributed by atoms with Crippen molar-refractivity contribution in [3.8, 4) is 0 Å². The molecule has 9 heteroatoms. The molecule has 1 aliphatic heterocycles. The normalized spacial score (nSPS) is 18.5. The van der Waals surface area contributed by atoms with E-state index in [2.05, 4.69) is 9.97 Å². The highest BCUT2D eigenvalue weighted by atomic mass is 32.2. The Morgan fingerprint density at radius 2 is 2.07 bits per heavy atom. The first-order valence-electron chi connectivity index (χ1n) is 9.05. The van der Waals surface area contributed by atoms with E-state index >= 15 is 0 Å². The molecule has 8 nitrogen and oxygen atoms in total. The average molecular weight is 392 g/mol. The minimum Gasteiger partial charge on any atom is -0.334 e. The summed E-state index contributed by atoms with van der Waals surface area (Å²) in [6, 6.07) is 6.32. The van der Waals surface area contributed by atoms with Crippen LogP contribution in [0.25, 0.3) is 10.9 Å². The van der Waals surface area contributed by atoms with Gasteiger partial charge in [-0.3, -0.25) is 9.59 Å². The van der Waals surface area contributed by atoms with Gasteiger partial charge in [-0.25, -0.2) is 13.4 Å². The summed E-state index contributed by atoms with van der Waals surface area (Å²) in [6.07, 6.45) is 3.20. The first kappa shape index (κ1) is 19.5. The van der Waals surface area contributed by atoms with Gasteiger partial charge in [-0.15, -0.1) is 0 Å². The fourth-order valence-electron chi connectivity index (χ4n) is 3.50. The van der Waals surface area contributed by atoms with Crippen molar-refractivity contribution >= 4 is 26.8 Å². The number of amides is 1. The zero-order chi connectivity index (χ0) is 19.6. The van der Waals surface area contributed by atoms with E-state index in [1.807, 2.05) is 6.92 Å². The molecule has 0 saturated carbocycles. The van der Waals surface area contributed by atoms with Gasteiger partial charge in [-0.2, -0.15) is 4.31 Å². The molecule has 0 bridgehead atoms. The zero-order valence-corrected chi connectivity index (χ0v) is 16.3. The second kappa shape index (κ2) is 7.77. The average Bonchev–Trinajstić information content (AvgIpc) is 2.65. The summed E-state index contributed by atoms with van der Waals surface area (Å²) in [5.74, 6) is 0.133. The van der Waals surface area contributed by atoms with E-state index in [9.17, 15) is 18.0 Å². The van der Waals surface area contributed by atoms with Crippen LogP contribution < -0.4 is 5.56 Å². The maximum absolute atomic E-state index is 13.0. The molecule has 1 unspecified atom stereocenters. The molecular weight excluding hydrogens is 368 g/mol. The van der Waals surface area contributed by atoms with Crippen molar-refractivity contribution in [2.45, 2.75) is 38.8 Å². The van der Waals surface area contributed by atoms with E-state index in [4.69, 9.17) is 0 Å². The number of rotatable bonds is 5. The van der Waals surface area contributed by atoms with E-state index in [-0.39, 0.29) is 18.0 Å². The molecule has 0 aliphatic carbocycles. The van der Waals surface area contributed by atoms with Crippen LogP contribution in [0.1, 0.15) is 32.0 Å². The molecule has 1 fully saturated rings. The minimum atomic E-state index is -3.46.